The van der Waals surface area contributed by atoms with E-state index < -0.39 is 15.7 Å². The van der Waals surface area contributed by atoms with Crippen molar-refractivity contribution in [2.45, 2.75) is 6.54 Å². The van der Waals surface area contributed by atoms with E-state index in [9.17, 15) is 17.6 Å². The van der Waals surface area contributed by atoms with E-state index >= 15 is 0 Å². The molecule has 1 aliphatic heterocycles. The molecule has 0 atom stereocenters. The van der Waals surface area contributed by atoms with Crippen LogP contribution in [0.25, 0.3) is 11.4 Å². The van der Waals surface area contributed by atoms with Gasteiger partial charge >= 0.3 is 0 Å². The Hall–Kier alpha value is -3.11. The molecule has 3 aromatic rings. The quantitative estimate of drug-likeness (QED) is 0.643. The van der Waals surface area contributed by atoms with Gasteiger partial charge in [0.15, 0.2) is 15.7 Å². The van der Waals surface area contributed by atoms with Crippen LogP contribution in [0.1, 0.15) is 15.9 Å². The average molecular weight is 429 g/mol. The second-order valence-electron chi connectivity index (χ2n) is 7.11. The van der Waals surface area contributed by atoms with Gasteiger partial charge in [-0.1, -0.05) is 12.1 Å². The summed E-state index contributed by atoms with van der Waals surface area (Å²) < 4.78 is 37.2. The summed E-state index contributed by atoms with van der Waals surface area (Å²) in [6.07, 6.45) is 1.28. The lowest BCUT2D eigenvalue weighted by atomic mass is 10.1. The molecule has 10 heteroatoms. The average Bonchev–Trinajstić information content (AvgIpc) is 3.26. The lowest BCUT2D eigenvalue weighted by molar-refractivity contribution is 0.102. The number of hydrogen-bond donors (Lipinski definition) is 2. The van der Waals surface area contributed by atoms with Gasteiger partial charge in [-0.25, -0.2) is 17.8 Å². The molecular formula is C20H20FN5O3S. The largest absolute Gasteiger partial charge is 0.322 e. The Balaban J connectivity index is 1.45. The van der Waals surface area contributed by atoms with Crippen LogP contribution in [0.5, 0.6) is 0 Å². The number of aromatic amines is 1. The summed E-state index contributed by atoms with van der Waals surface area (Å²) in [6, 6.07) is 11.4. The van der Waals surface area contributed by atoms with Gasteiger partial charge in [0.1, 0.15) is 12.1 Å². The first kappa shape index (κ1) is 20.2. The highest BCUT2D eigenvalue weighted by atomic mass is 32.2. The van der Waals surface area contributed by atoms with E-state index in [2.05, 4.69) is 25.4 Å². The van der Waals surface area contributed by atoms with Gasteiger partial charge in [0.25, 0.3) is 5.91 Å². The lowest BCUT2D eigenvalue weighted by Gasteiger charge is -2.26. The summed E-state index contributed by atoms with van der Waals surface area (Å²) in [6.45, 7) is 1.54. The zero-order valence-electron chi connectivity index (χ0n) is 16.0. The Bertz CT molecular complexity index is 1150. The summed E-state index contributed by atoms with van der Waals surface area (Å²) in [5, 5.41) is 9.09. The fraction of sp³-hybridized carbons (Fsp3) is 0.250. The molecule has 2 heterocycles. The molecule has 0 radical (unpaired) electrons. The van der Waals surface area contributed by atoms with Crippen molar-refractivity contribution in [2.75, 3.05) is 29.9 Å². The summed E-state index contributed by atoms with van der Waals surface area (Å²) in [5.41, 5.74) is 2.02. The van der Waals surface area contributed by atoms with Gasteiger partial charge < -0.3 is 5.32 Å². The highest BCUT2D eigenvalue weighted by molar-refractivity contribution is 7.91. The minimum atomic E-state index is -2.93. The smallest absolute Gasteiger partial charge is 0.255 e. The van der Waals surface area contributed by atoms with Crippen molar-refractivity contribution in [1.82, 2.24) is 20.1 Å². The van der Waals surface area contributed by atoms with E-state index in [0.717, 1.165) is 5.56 Å². The van der Waals surface area contributed by atoms with Crippen molar-refractivity contribution in [3.63, 3.8) is 0 Å². The van der Waals surface area contributed by atoms with E-state index in [1.807, 2.05) is 6.07 Å². The van der Waals surface area contributed by atoms with Gasteiger partial charge in [0.2, 0.25) is 0 Å². The number of halogens is 1. The van der Waals surface area contributed by atoms with Crippen LogP contribution in [0.15, 0.2) is 48.8 Å². The first-order valence-corrected chi connectivity index (χ1v) is 11.2. The molecule has 2 N–H and O–H groups in total. The van der Waals surface area contributed by atoms with E-state index in [1.165, 1.54) is 24.5 Å². The number of aromatic nitrogens is 3. The summed E-state index contributed by atoms with van der Waals surface area (Å²) in [4.78, 5) is 18.7. The van der Waals surface area contributed by atoms with Gasteiger partial charge in [-0.15, -0.1) is 0 Å². The zero-order chi connectivity index (χ0) is 21.1. The van der Waals surface area contributed by atoms with Gasteiger partial charge in [0, 0.05) is 30.9 Å². The van der Waals surface area contributed by atoms with Crippen LogP contribution < -0.4 is 5.32 Å². The second-order valence-corrected chi connectivity index (χ2v) is 9.41. The van der Waals surface area contributed by atoms with E-state index in [1.54, 1.807) is 18.2 Å². The van der Waals surface area contributed by atoms with Gasteiger partial charge in [-0.2, -0.15) is 5.10 Å². The molecule has 0 aliphatic carbocycles. The summed E-state index contributed by atoms with van der Waals surface area (Å²) >= 11 is 0. The molecule has 8 nitrogen and oxygen atoms in total. The molecule has 0 bridgehead atoms. The van der Waals surface area contributed by atoms with Crippen molar-refractivity contribution in [3.05, 3.63) is 65.7 Å². The van der Waals surface area contributed by atoms with Gasteiger partial charge in [0.05, 0.1) is 17.1 Å². The Morgan fingerprint density at radius 1 is 1.17 bits per heavy atom. The second kappa shape index (κ2) is 8.33. The van der Waals surface area contributed by atoms with E-state index in [0.29, 0.717) is 30.9 Å². The Labute approximate surface area is 173 Å². The first-order valence-electron chi connectivity index (χ1n) is 9.38. The van der Waals surface area contributed by atoms with Crippen molar-refractivity contribution in [3.8, 4) is 11.4 Å². The summed E-state index contributed by atoms with van der Waals surface area (Å²) in [7, 11) is -2.93. The van der Waals surface area contributed by atoms with Gasteiger partial charge in [-0.05, 0) is 35.9 Å². The maximum atomic E-state index is 14.1. The van der Waals surface area contributed by atoms with Crippen LogP contribution in [0.2, 0.25) is 0 Å². The molecule has 1 amide bonds. The summed E-state index contributed by atoms with van der Waals surface area (Å²) in [5.74, 6) is -0.214. The number of hydrogen-bond acceptors (Lipinski definition) is 6. The van der Waals surface area contributed by atoms with Crippen molar-refractivity contribution in [2.24, 2.45) is 0 Å². The molecule has 30 heavy (non-hydrogen) atoms. The van der Waals surface area contributed by atoms with Crippen LogP contribution in [0.3, 0.4) is 0 Å². The molecule has 1 aliphatic rings. The molecule has 0 unspecified atom stereocenters. The molecule has 1 aromatic heterocycles. The maximum Gasteiger partial charge on any atom is 0.255 e. The van der Waals surface area contributed by atoms with Crippen LogP contribution in [0, 0.1) is 5.82 Å². The lowest BCUT2D eigenvalue weighted by Crippen LogP contribution is -2.39. The predicted octanol–water partition coefficient (Wildman–Crippen LogP) is 2.09. The molecule has 1 saturated heterocycles. The van der Waals surface area contributed by atoms with Crippen molar-refractivity contribution >= 4 is 21.4 Å². The topological polar surface area (TPSA) is 108 Å². The molecule has 1 fully saturated rings. The van der Waals surface area contributed by atoms with E-state index in [-0.39, 0.29) is 28.8 Å². The number of carbonyl (C=O) groups excluding carboxylic acids is 1. The molecule has 0 spiro atoms. The molecular weight excluding hydrogens is 409 g/mol. The van der Waals surface area contributed by atoms with Gasteiger partial charge in [-0.3, -0.25) is 14.8 Å². The van der Waals surface area contributed by atoms with Crippen LogP contribution >= 0.6 is 0 Å². The first-order chi connectivity index (χ1) is 14.4. The Morgan fingerprint density at radius 3 is 2.70 bits per heavy atom. The molecule has 156 valence electrons. The third-order valence-corrected chi connectivity index (χ3v) is 6.54. The normalized spacial score (nSPS) is 16.3. The van der Waals surface area contributed by atoms with Crippen LogP contribution in [-0.2, 0) is 16.4 Å². The Morgan fingerprint density at radius 2 is 1.97 bits per heavy atom. The monoisotopic (exact) mass is 429 g/mol. The van der Waals surface area contributed by atoms with Crippen molar-refractivity contribution in [1.29, 1.82) is 0 Å². The highest BCUT2D eigenvalue weighted by Crippen LogP contribution is 2.23. The minimum absolute atomic E-state index is 0.158. The predicted molar refractivity (Wildman–Crippen MR) is 110 cm³/mol. The SMILES string of the molecule is O=C(Nc1ccc(F)c(-c2ncn[nH]2)c1)c1cccc(CN2CCS(=O)(=O)CC2)c1. The third kappa shape index (κ3) is 4.71. The number of rotatable bonds is 5. The van der Waals surface area contributed by atoms with E-state index in [4.69, 9.17) is 0 Å². The number of anilines is 1. The molecule has 4 rings (SSSR count). The molecule has 2 aromatic carbocycles. The Kier molecular flexibility index (Phi) is 5.60. The third-order valence-electron chi connectivity index (χ3n) is 4.93. The number of carbonyl (C=O) groups is 1. The number of amides is 1. The minimum Gasteiger partial charge on any atom is -0.322 e. The number of nitrogens with one attached hydrogen (secondary N) is 2. The maximum absolute atomic E-state index is 14.1. The molecule has 0 saturated carbocycles. The standard InChI is InChI=1S/C20H20FN5O3S/c21-18-5-4-16(11-17(18)19-22-13-23-25-19)24-20(27)15-3-1-2-14(10-15)12-26-6-8-30(28,29)9-7-26/h1-5,10-11,13H,6-9,12H2,(H,24,27)(H,22,23,25). The van der Waals surface area contributed by atoms with Crippen molar-refractivity contribution < 1.29 is 17.6 Å². The number of benzene rings is 2. The number of sulfone groups is 1. The number of H-pyrrole nitrogens is 1. The highest BCUT2D eigenvalue weighted by Gasteiger charge is 2.21. The fourth-order valence-corrected chi connectivity index (χ4v) is 4.58. The fourth-order valence-electron chi connectivity index (χ4n) is 3.30. The van der Waals surface area contributed by atoms with Crippen LogP contribution in [0.4, 0.5) is 10.1 Å². The number of nitrogens with zero attached hydrogens (tertiary/aromatic N) is 3. The van der Waals surface area contributed by atoms with Crippen LogP contribution in [-0.4, -0.2) is 59.0 Å². The zero-order valence-corrected chi connectivity index (χ0v) is 16.8.